The van der Waals surface area contributed by atoms with Crippen molar-refractivity contribution in [3.63, 3.8) is 0 Å². The van der Waals surface area contributed by atoms with Gasteiger partial charge in [-0.05, 0) is 99.3 Å². The van der Waals surface area contributed by atoms with E-state index in [-0.39, 0.29) is 24.0 Å². The maximum Gasteiger partial charge on any atom is 0.314 e. The molecule has 3 nitrogen and oxygen atoms in total. The molecule has 0 N–H and O–H groups in total. The molecule has 0 atom stereocenters. The summed E-state index contributed by atoms with van der Waals surface area (Å²) in [4.78, 5) is 12.6. The van der Waals surface area contributed by atoms with E-state index >= 15 is 0 Å². The number of hydrogen-bond donors (Lipinski definition) is 0. The van der Waals surface area contributed by atoms with E-state index in [1.54, 1.807) is 13.0 Å². The van der Waals surface area contributed by atoms with Crippen LogP contribution in [0.4, 0.5) is 13.2 Å². The molecule has 2 saturated carbocycles. The van der Waals surface area contributed by atoms with Crippen LogP contribution in [0.1, 0.15) is 75.3 Å². The van der Waals surface area contributed by atoms with E-state index < -0.39 is 24.3 Å². The molecule has 2 aromatic rings. The lowest BCUT2D eigenvalue weighted by Gasteiger charge is -2.37. The van der Waals surface area contributed by atoms with Crippen LogP contribution in [0.25, 0.3) is 6.08 Å². The van der Waals surface area contributed by atoms with Crippen molar-refractivity contribution in [3.8, 4) is 11.5 Å². The fourth-order valence-corrected chi connectivity index (χ4v) is 5.86. The number of carbonyl (C=O) groups excluding carboxylic acids is 1. The second kappa shape index (κ2) is 12.5. The Balaban J connectivity index is 1.24. The third kappa shape index (κ3) is 6.32. The molecular weight excluding hydrogens is 465 g/mol. The van der Waals surface area contributed by atoms with Gasteiger partial charge in [0, 0.05) is 0 Å². The van der Waals surface area contributed by atoms with E-state index in [2.05, 4.69) is 24.3 Å². The summed E-state index contributed by atoms with van der Waals surface area (Å²) in [7, 11) is 0. The summed E-state index contributed by atoms with van der Waals surface area (Å²) in [6.07, 6.45) is 11.4. The van der Waals surface area contributed by atoms with Crippen molar-refractivity contribution < 1.29 is 27.4 Å². The van der Waals surface area contributed by atoms with Crippen molar-refractivity contribution >= 4 is 12.0 Å². The first kappa shape index (κ1) is 26.3. The first-order chi connectivity index (χ1) is 17.5. The van der Waals surface area contributed by atoms with Crippen molar-refractivity contribution in [2.45, 2.75) is 64.2 Å². The van der Waals surface area contributed by atoms with Gasteiger partial charge in [-0.3, -0.25) is 4.79 Å². The number of carbonyl (C=O) groups is 1. The number of allylic oxidation sites excluding steroid dienone is 1. The van der Waals surface area contributed by atoms with Crippen molar-refractivity contribution in [2.24, 2.45) is 17.8 Å². The minimum absolute atomic E-state index is 0.187. The van der Waals surface area contributed by atoms with E-state index in [0.717, 1.165) is 44.1 Å². The van der Waals surface area contributed by atoms with Gasteiger partial charge in [0.25, 0.3) is 0 Å². The van der Waals surface area contributed by atoms with Gasteiger partial charge in [-0.2, -0.15) is 8.78 Å². The normalized spacial score (nSPS) is 24.6. The highest BCUT2D eigenvalue weighted by atomic mass is 19.2. The van der Waals surface area contributed by atoms with Gasteiger partial charge in [-0.25, -0.2) is 4.39 Å². The van der Waals surface area contributed by atoms with Gasteiger partial charge in [0.2, 0.25) is 11.6 Å². The highest BCUT2D eigenvalue weighted by Crippen LogP contribution is 2.44. The molecule has 0 bridgehead atoms. The lowest BCUT2D eigenvalue weighted by molar-refractivity contribution is -0.140. The second-order valence-corrected chi connectivity index (χ2v) is 9.99. The average molecular weight is 501 g/mol. The molecule has 0 aromatic heterocycles. The number of esters is 1. The molecule has 0 spiro atoms. The fraction of sp³-hybridized carbons (Fsp3) is 0.500. The van der Waals surface area contributed by atoms with Crippen molar-refractivity contribution in [2.75, 3.05) is 13.3 Å². The van der Waals surface area contributed by atoms with Gasteiger partial charge in [0.15, 0.2) is 11.5 Å². The number of alkyl halides is 1. The third-order valence-electron chi connectivity index (χ3n) is 7.87. The number of rotatable bonds is 8. The molecule has 2 aliphatic carbocycles. The standard InChI is InChI=1S/C30H35F3O3/c1-2-35-26-17-18-27(29(33)28(26)32)36-30(34)25-15-13-24(14-16-25)23-11-9-22(10-12-23)21-7-5-20(6-8-21)4-3-19-31/h3-8,17-18,22-25H,2,9-16,19H2,1H3/b4-3+. The molecule has 4 rings (SSSR count). The van der Waals surface area contributed by atoms with E-state index in [1.165, 1.54) is 36.6 Å². The first-order valence-electron chi connectivity index (χ1n) is 13.1. The molecule has 2 aliphatic rings. The zero-order valence-corrected chi connectivity index (χ0v) is 20.9. The minimum Gasteiger partial charge on any atom is -0.491 e. The van der Waals surface area contributed by atoms with Gasteiger partial charge in [-0.1, -0.05) is 36.4 Å². The Bertz CT molecular complexity index is 1030. The molecule has 0 amide bonds. The molecule has 36 heavy (non-hydrogen) atoms. The fourth-order valence-electron chi connectivity index (χ4n) is 5.86. The van der Waals surface area contributed by atoms with Crippen LogP contribution in [-0.2, 0) is 4.79 Å². The molecular formula is C30H35F3O3. The number of halogens is 3. The molecule has 2 aromatic carbocycles. The Morgan fingerprint density at radius 3 is 2.06 bits per heavy atom. The summed E-state index contributed by atoms with van der Waals surface area (Å²) in [6.45, 7) is 1.45. The molecule has 0 heterocycles. The summed E-state index contributed by atoms with van der Waals surface area (Å²) in [6, 6.07) is 11.0. The summed E-state index contributed by atoms with van der Waals surface area (Å²) >= 11 is 0. The molecule has 194 valence electrons. The van der Waals surface area contributed by atoms with E-state index in [0.29, 0.717) is 17.8 Å². The van der Waals surface area contributed by atoms with Crippen LogP contribution in [0.2, 0.25) is 0 Å². The molecule has 0 radical (unpaired) electrons. The van der Waals surface area contributed by atoms with E-state index in [1.807, 2.05) is 0 Å². The van der Waals surface area contributed by atoms with Crippen LogP contribution in [0.3, 0.4) is 0 Å². The summed E-state index contributed by atoms with van der Waals surface area (Å²) < 4.78 is 51.0. The van der Waals surface area contributed by atoms with Crippen LogP contribution in [0, 0.1) is 29.4 Å². The van der Waals surface area contributed by atoms with Crippen molar-refractivity contribution in [1.29, 1.82) is 0 Å². The average Bonchev–Trinajstić information content (AvgIpc) is 2.92. The smallest absolute Gasteiger partial charge is 0.314 e. The molecule has 0 aliphatic heterocycles. The van der Waals surface area contributed by atoms with Gasteiger partial charge in [0.1, 0.15) is 6.67 Å². The Labute approximate surface area is 211 Å². The maximum atomic E-state index is 14.3. The topological polar surface area (TPSA) is 35.5 Å². The lowest BCUT2D eigenvalue weighted by atomic mass is 9.68. The predicted molar refractivity (Wildman–Crippen MR) is 135 cm³/mol. The zero-order chi connectivity index (χ0) is 25.5. The van der Waals surface area contributed by atoms with E-state index in [4.69, 9.17) is 9.47 Å². The minimum atomic E-state index is -1.19. The second-order valence-electron chi connectivity index (χ2n) is 9.99. The van der Waals surface area contributed by atoms with Crippen LogP contribution < -0.4 is 9.47 Å². The predicted octanol–water partition coefficient (Wildman–Crippen LogP) is 8.03. The van der Waals surface area contributed by atoms with Gasteiger partial charge < -0.3 is 9.47 Å². The third-order valence-corrected chi connectivity index (χ3v) is 7.87. The molecule has 2 fully saturated rings. The van der Waals surface area contributed by atoms with Crippen molar-refractivity contribution in [1.82, 2.24) is 0 Å². The Hall–Kier alpha value is -2.76. The number of benzene rings is 2. The van der Waals surface area contributed by atoms with Crippen LogP contribution in [-0.4, -0.2) is 19.3 Å². The summed E-state index contributed by atoms with van der Waals surface area (Å²) in [5.41, 5.74) is 2.38. The highest BCUT2D eigenvalue weighted by molar-refractivity contribution is 5.75. The van der Waals surface area contributed by atoms with Crippen LogP contribution in [0.15, 0.2) is 42.5 Å². The highest BCUT2D eigenvalue weighted by Gasteiger charge is 2.34. The van der Waals surface area contributed by atoms with Crippen molar-refractivity contribution in [3.05, 3.63) is 65.2 Å². The number of ether oxygens (including phenoxy) is 2. The van der Waals surface area contributed by atoms with E-state index in [9.17, 15) is 18.0 Å². The molecule has 6 heteroatoms. The first-order valence-corrected chi connectivity index (χ1v) is 13.1. The van der Waals surface area contributed by atoms with Crippen LogP contribution in [0.5, 0.6) is 11.5 Å². The largest absolute Gasteiger partial charge is 0.491 e. The Morgan fingerprint density at radius 2 is 1.44 bits per heavy atom. The summed E-state index contributed by atoms with van der Waals surface area (Å²) in [5.74, 6) is -1.82. The molecule has 0 saturated heterocycles. The van der Waals surface area contributed by atoms with Gasteiger partial charge >= 0.3 is 5.97 Å². The Kier molecular flexibility index (Phi) is 9.11. The lowest BCUT2D eigenvalue weighted by Crippen LogP contribution is -2.30. The monoisotopic (exact) mass is 500 g/mol. The van der Waals surface area contributed by atoms with Crippen LogP contribution >= 0.6 is 0 Å². The quantitative estimate of drug-likeness (QED) is 0.272. The van der Waals surface area contributed by atoms with Gasteiger partial charge in [0.05, 0.1) is 12.5 Å². The SMILES string of the molecule is CCOc1ccc(OC(=O)C2CCC(C3CCC(c4ccc(/C=C/CF)cc4)CC3)CC2)c(F)c1F. The Morgan fingerprint density at radius 1 is 0.861 bits per heavy atom. The molecule has 0 unspecified atom stereocenters. The number of hydrogen-bond acceptors (Lipinski definition) is 3. The maximum absolute atomic E-state index is 14.3. The van der Waals surface area contributed by atoms with Gasteiger partial charge in [-0.15, -0.1) is 0 Å². The zero-order valence-electron chi connectivity index (χ0n) is 20.9. The summed E-state index contributed by atoms with van der Waals surface area (Å²) in [5, 5.41) is 0.